The van der Waals surface area contributed by atoms with E-state index in [9.17, 15) is 18.9 Å². The van der Waals surface area contributed by atoms with Gasteiger partial charge in [-0.2, -0.15) is 4.36 Å². The predicted octanol–water partition coefficient (Wildman–Crippen LogP) is 2.52. The van der Waals surface area contributed by atoms with Crippen molar-refractivity contribution in [1.82, 2.24) is 4.90 Å². The van der Waals surface area contributed by atoms with Gasteiger partial charge in [0.15, 0.2) is 0 Å². The summed E-state index contributed by atoms with van der Waals surface area (Å²) in [6, 6.07) is 6.34. The number of hydrogen-bond acceptors (Lipinski definition) is 4. The van der Waals surface area contributed by atoms with E-state index in [1.165, 1.54) is 17.4 Å². The summed E-state index contributed by atoms with van der Waals surface area (Å²) in [4.78, 5) is 25.6. The quantitative estimate of drug-likeness (QED) is 0.874. The Morgan fingerprint density at radius 3 is 2.83 bits per heavy atom. The zero-order valence-corrected chi connectivity index (χ0v) is 14.5. The Hall–Kier alpha value is -2.09. The Bertz CT molecular complexity index is 807. The third kappa shape index (κ3) is 3.10. The van der Waals surface area contributed by atoms with Crippen molar-refractivity contribution in [1.29, 1.82) is 0 Å². The molecule has 8 heteroatoms. The molecule has 0 bridgehead atoms. The summed E-state index contributed by atoms with van der Waals surface area (Å²) < 4.78 is 15.9. The highest BCUT2D eigenvalue weighted by Crippen LogP contribution is 2.54. The van der Waals surface area contributed by atoms with E-state index in [4.69, 9.17) is 0 Å². The number of carbonyl (C=O) groups is 2. The lowest BCUT2D eigenvalue weighted by molar-refractivity contribution is -0.145. The first kappa shape index (κ1) is 16.8. The molecule has 3 rings (SSSR count). The molecule has 1 saturated heterocycles. The summed E-state index contributed by atoms with van der Waals surface area (Å²) in [6.45, 7) is 0.441. The summed E-state index contributed by atoms with van der Waals surface area (Å²) in [5, 5.41) is 12.3. The lowest BCUT2D eigenvalue weighted by atomic mass is 10.0. The molecule has 0 spiro atoms. The van der Waals surface area contributed by atoms with Crippen molar-refractivity contribution < 1.29 is 18.9 Å². The van der Waals surface area contributed by atoms with Crippen molar-refractivity contribution in [3.05, 3.63) is 24.3 Å². The average molecular weight is 351 g/mol. The topological polar surface area (TPSA) is 99.1 Å². The number of nitrogens with zero attached hydrogens (tertiary/aromatic N) is 2. The molecule has 1 aliphatic heterocycles. The number of carboxylic acids is 1. The first-order chi connectivity index (χ1) is 11.2. The lowest BCUT2D eigenvalue weighted by Gasteiger charge is -2.33. The van der Waals surface area contributed by atoms with E-state index in [2.05, 4.69) is 9.68 Å². The van der Waals surface area contributed by atoms with Crippen LogP contribution in [0, 0.1) is 5.92 Å². The Kier molecular flexibility index (Phi) is 4.03. The zero-order valence-electron chi connectivity index (χ0n) is 13.7. The van der Waals surface area contributed by atoms with Crippen molar-refractivity contribution in [2.24, 2.45) is 10.3 Å². The van der Waals surface area contributed by atoms with Gasteiger partial charge in [-0.15, -0.1) is 0 Å². The van der Waals surface area contributed by atoms with Gasteiger partial charge in [-0.3, -0.25) is 0 Å². The number of carboxylic acid groups (broad SMARTS) is 1. The smallest absolute Gasteiger partial charge is 0.329 e. The van der Waals surface area contributed by atoms with Crippen LogP contribution in [0.5, 0.6) is 0 Å². The van der Waals surface area contributed by atoms with Crippen LogP contribution in [0.3, 0.4) is 0 Å². The molecule has 130 valence electrons. The first-order valence-electron chi connectivity index (χ1n) is 7.81. The van der Waals surface area contributed by atoms with Crippen LogP contribution in [0.2, 0.25) is 0 Å². The highest BCUT2D eigenvalue weighted by molar-refractivity contribution is 7.92. The van der Waals surface area contributed by atoms with Crippen molar-refractivity contribution in [2.75, 3.05) is 24.4 Å². The number of anilines is 1. The van der Waals surface area contributed by atoms with Gasteiger partial charge in [0.05, 0.1) is 5.69 Å². The van der Waals surface area contributed by atoms with Crippen molar-refractivity contribution in [3.63, 3.8) is 0 Å². The average Bonchev–Trinajstić information content (AvgIpc) is 3.21. The van der Waals surface area contributed by atoms with E-state index in [-0.39, 0.29) is 5.92 Å². The second-order valence-corrected chi connectivity index (χ2v) is 9.22. The molecule has 7 nitrogen and oxygen atoms in total. The van der Waals surface area contributed by atoms with Crippen molar-refractivity contribution in [2.45, 2.75) is 24.8 Å². The number of aliphatic carboxylic acids is 1. The lowest BCUT2D eigenvalue weighted by Crippen LogP contribution is -2.52. The van der Waals surface area contributed by atoms with Gasteiger partial charge < -0.3 is 15.3 Å². The normalized spacial score (nSPS) is 25.6. The fraction of sp³-hybridized carbons (Fsp3) is 0.500. The molecule has 2 amide bonds. The maximum absolute atomic E-state index is 12.6. The van der Waals surface area contributed by atoms with E-state index in [0.717, 1.165) is 12.8 Å². The molecule has 0 unspecified atom stereocenters. The Morgan fingerprint density at radius 1 is 1.42 bits per heavy atom. The van der Waals surface area contributed by atoms with Gasteiger partial charge in [0.2, 0.25) is 0 Å². The van der Waals surface area contributed by atoms with Crippen molar-refractivity contribution >= 4 is 33.1 Å². The molecule has 0 radical (unpaired) electrons. The minimum absolute atomic E-state index is 0.0562. The monoisotopic (exact) mass is 351 g/mol. The summed E-state index contributed by atoms with van der Waals surface area (Å²) >= 11 is 0. The number of urea groups is 1. The predicted molar refractivity (Wildman–Crippen MR) is 92.0 cm³/mol. The summed E-state index contributed by atoms with van der Waals surface area (Å²) in [7, 11) is -2.29. The Balaban J connectivity index is 1.79. The molecule has 1 aromatic carbocycles. The van der Waals surface area contributed by atoms with Gasteiger partial charge in [-0.05, 0) is 43.4 Å². The molecule has 2 fully saturated rings. The second-order valence-electron chi connectivity index (χ2n) is 6.68. The Labute approximate surface area is 141 Å². The van der Waals surface area contributed by atoms with Gasteiger partial charge in [0.25, 0.3) is 0 Å². The molecule has 2 atom stereocenters. The van der Waals surface area contributed by atoms with Crippen LogP contribution < -0.4 is 5.32 Å². The van der Waals surface area contributed by atoms with Crippen LogP contribution in [0.25, 0.3) is 0 Å². The fourth-order valence-corrected chi connectivity index (χ4v) is 4.05. The van der Waals surface area contributed by atoms with Crippen LogP contribution in [-0.4, -0.2) is 50.8 Å². The first-order valence-corrected chi connectivity index (χ1v) is 10.1. The molecule has 1 aromatic rings. The molecule has 1 heterocycles. The number of hydrogen-bond donors (Lipinski definition) is 2. The number of piperidine rings is 1. The highest BCUT2D eigenvalue weighted by atomic mass is 32.2. The van der Waals surface area contributed by atoms with E-state index < -0.39 is 27.3 Å². The van der Waals surface area contributed by atoms with Crippen molar-refractivity contribution in [3.8, 4) is 0 Å². The molecule has 0 aromatic heterocycles. The third-order valence-corrected chi connectivity index (χ3v) is 5.18. The number of nitrogens with one attached hydrogen (secondary N) is 1. The largest absolute Gasteiger partial charge is 0.479 e. The standard InChI is InChI=1S/C16H21N3O4S/c1-24(2,23)18-13-7-3-6-12(9-13)17-15(22)19-8-4-5-11-10-16(11,19)14(20)21/h3,6-7,9,11H,4-5,8,10H2,1-2H3,(H,17,22)(H,20,21)/t11-,16+/m1/s1. The van der Waals surface area contributed by atoms with Gasteiger partial charge in [-0.25, -0.2) is 13.8 Å². The number of likely N-dealkylation sites (tertiary alicyclic amines) is 1. The molecular formula is C16H21N3O4S. The van der Waals surface area contributed by atoms with Crippen LogP contribution >= 0.6 is 0 Å². The summed E-state index contributed by atoms with van der Waals surface area (Å²) in [6.07, 6.45) is 5.27. The summed E-state index contributed by atoms with van der Waals surface area (Å²) in [5.74, 6) is -0.872. The van der Waals surface area contributed by atoms with Gasteiger partial charge in [0.1, 0.15) is 5.54 Å². The van der Waals surface area contributed by atoms with Crippen LogP contribution in [0.15, 0.2) is 28.6 Å². The van der Waals surface area contributed by atoms with Crippen LogP contribution in [0.1, 0.15) is 19.3 Å². The van der Waals surface area contributed by atoms with E-state index >= 15 is 0 Å². The second kappa shape index (κ2) is 5.77. The number of amides is 2. The highest BCUT2D eigenvalue weighted by Gasteiger charge is 2.66. The molecule has 2 N–H and O–H groups in total. The molecule has 1 saturated carbocycles. The molecule has 1 aliphatic carbocycles. The SMILES string of the molecule is CS(C)(=O)=Nc1cccc(NC(=O)N2CCC[C@@H]3C[C@@]32C(=O)O)c1. The Morgan fingerprint density at radius 2 is 2.17 bits per heavy atom. The zero-order chi connectivity index (χ0) is 17.5. The molecule has 2 aliphatic rings. The number of carbonyl (C=O) groups excluding carboxylic acids is 1. The van der Waals surface area contributed by atoms with Crippen LogP contribution in [-0.2, 0) is 14.5 Å². The fourth-order valence-electron chi connectivity index (χ4n) is 3.43. The van der Waals surface area contributed by atoms with Gasteiger partial charge in [-0.1, -0.05) is 6.07 Å². The minimum atomic E-state index is -2.29. The molecular weight excluding hydrogens is 330 g/mol. The van der Waals surface area contributed by atoms with Crippen LogP contribution in [0.4, 0.5) is 16.2 Å². The maximum Gasteiger partial charge on any atom is 0.329 e. The maximum atomic E-state index is 12.6. The third-order valence-electron chi connectivity index (χ3n) is 4.53. The summed E-state index contributed by atoms with van der Waals surface area (Å²) in [5.41, 5.74) is -0.0160. The number of benzene rings is 1. The van der Waals surface area contributed by atoms with E-state index in [1.807, 2.05) is 0 Å². The van der Waals surface area contributed by atoms with Gasteiger partial charge in [0, 0.05) is 34.5 Å². The van der Waals surface area contributed by atoms with E-state index in [1.54, 1.807) is 24.3 Å². The number of fused-ring (bicyclic) bond motifs is 1. The van der Waals surface area contributed by atoms with E-state index in [0.29, 0.717) is 24.3 Å². The number of rotatable bonds is 3. The van der Waals surface area contributed by atoms with Gasteiger partial charge >= 0.3 is 12.0 Å². The molecule has 24 heavy (non-hydrogen) atoms. The minimum Gasteiger partial charge on any atom is -0.479 e.